The van der Waals surface area contributed by atoms with Gasteiger partial charge < -0.3 is 4.74 Å². The van der Waals surface area contributed by atoms with Crippen LogP contribution in [-0.4, -0.2) is 26.3 Å². The van der Waals surface area contributed by atoms with E-state index >= 15 is 0 Å². The zero-order chi connectivity index (χ0) is 24.1. The van der Waals surface area contributed by atoms with Gasteiger partial charge in [-0.15, -0.1) is 11.3 Å². The lowest BCUT2D eigenvalue weighted by atomic mass is 10.1. The van der Waals surface area contributed by atoms with Crippen LogP contribution in [-0.2, 0) is 14.8 Å². The lowest BCUT2D eigenvalue weighted by Gasteiger charge is -2.15. The fourth-order valence-corrected chi connectivity index (χ4v) is 5.15. The van der Waals surface area contributed by atoms with Crippen molar-refractivity contribution in [2.75, 3.05) is 4.72 Å². The van der Waals surface area contributed by atoms with Gasteiger partial charge in [-0.25, -0.2) is 8.42 Å². The lowest BCUT2D eigenvalue weighted by molar-refractivity contribution is -0.128. The number of fused-ring (bicyclic) bond motifs is 1. The van der Waals surface area contributed by atoms with Crippen molar-refractivity contribution < 1.29 is 22.7 Å². The van der Waals surface area contributed by atoms with Crippen LogP contribution < -0.4 is 20.3 Å². The highest BCUT2D eigenvalue weighted by molar-refractivity contribution is 7.94. The van der Waals surface area contributed by atoms with Crippen molar-refractivity contribution in [2.24, 2.45) is 0 Å². The van der Waals surface area contributed by atoms with Crippen LogP contribution in [0.5, 0.6) is 5.75 Å². The third-order valence-corrected chi connectivity index (χ3v) is 7.64. The van der Waals surface area contributed by atoms with E-state index in [0.29, 0.717) is 11.4 Å². The van der Waals surface area contributed by atoms with Crippen LogP contribution >= 0.6 is 11.3 Å². The summed E-state index contributed by atoms with van der Waals surface area (Å²) in [5.74, 6) is -0.547. The molecule has 34 heavy (non-hydrogen) atoms. The summed E-state index contributed by atoms with van der Waals surface area (Å²) >= 11 is 1.10. The quantitative estimate of drug-likeness (QED) is 0.336. The molecule has 4 rings (SSSR count). The lowest BCUT2D eigenvalue weighted by Crippen LogP contribution is -2.47. The topological polar surface area (TPSA) is 114 Å². The number of hydrazine groups is 1. The molecule has 1 unspecified atom stereocenters. The van der Waals surface area contributed by atoms with E-state index in [9.17, 15) is 18.0 Å². The minimum Gasteiger partial charge on any atom is -0.481 e. The fraction of sp³-hybridized carbons (Fsp3) is 0.0833. The van der Waals surface area contributed by atoms with E-state index in [1.807, 2.05) is 36.4 Å². The highest BCUT2D eigenvalue weighted by atomic mass is 32.2. The van der Waals surface area contributed by atoms with Gasteiger partial charge in [-0.05, 0) is 65.5 Å². The first-order chi connectivity index (χ1) is 16.3. The first kappa shape index (κ1) is 23.3. The minimum atomic E-state index is -3.68. The zero-order valence-electron chi connectivity index (χ0n) is 18.0. The molecule has 0 aliphatic carbocycles. The molecule has 0 fully saturated rings. The Kier molecular flexibility index (Phi) is 6.80. The largest absolute Gasteiger partial charge is 0.481 e. The molecule has 1 aromatic heterocycles. The molecule has 4 aromatic rings. The van der Waals surface area contributed by atoms with Crippen LogP contribution in [0.2, 0.25) is 0 Å². The summed E-state index contributed by atoms with van der Waals surface area (Å²) in [7, 11) is -3.68. The molecule has 3 aromatic carbocycles. The summed E-state index contributed by atoms with van der Waals surface area (Å²) in [6, 6.07) is 22.3. The first-order valence-electron chi connectivity index (χ1n) is 10.2. The molecule has 0 bridgehead atoms. The summed E-state index contributed by atoms with van der Waals surface area (Å²) in [4.78, 5) is 24.7. The molecule has 10 heteroatoms. The maximum atomic E-state index is 12.4. The Labute approximate surface area is 200 Å². The van der Waals surface area contributed by atoms with Crippen LogP contribution in [0.25, 0.3) is 10.8 Å². The van der Waals surface area contributed by atoms with Gasteiger partial charge in [0, 0.05) is 11.3 Å². The molecule has 1 atom stereocenters. The van der Waals surface area contributed by atoms with Crippen molar-refractivity contribution in [1.82, 2.24) is 10.9 Å². The average molecular weight is 496 g/mol. The van der Waals surface area contributed by atoms with E-state index in [1.54, 1.807) is 24.4 Å². The van der Waals surface area contributed by atoms with Crippen LogP contribution in [0.3, 0.4) is 0 Å². The molecule has 174 valence electrons. The molecular formula is C24H21N3O5S2. The maximum Gasteiger partial charge on any atom is 0.279 e. The van der Waals surface area contributed by atoms with E-state index in [2.05, 4.69) is 15.6 Å². The summed E-state index contributed by atoms with van der Waals surface area (Å²) < 4.78 is 32.9. The number of sulfonamides is 1. The number of rotatable bonds is 7. The Morgan fingerprint density at radius 1 is 0.882 bits per heavy atom. The number of amides is 2. The maximum absolute atomic E-state index is 12.4. The van der Waals surface area contributed by atoms with Crippen molar-refractivity contribution in [3.8, 4) is 5.75 Å². The third-order valence-electron chi connectivity index (χ3n) is 4.86. The Bertz CT molecular complexity index is 1420. The zero-order valence-corrected chi connectivity index (χ0v) is 19.7. The van der Waals surface area contributed by atoms with Gasteiger partial charge in [-0.3, -0.25) is 25.2 Å². The number of benzene rings is 3. The van der Waals surface area contributed by atoms with Gasteiger partial charge in [-0.1, -0.05) is 36.4 Å². The number of hydrogen-bond acceptors (Lipinski definition) is 6. The number of anilines is 1. The van der Waals surface area contributed by atoms with E-state index in [4.69, 9.17) is 4.74 Å². The standard InChI is InChI=1S/C24H21N3O5S2/c1-16(32-21-13-10-17-5-2-3-6-19(17)15-21)23(28)25-26-24(29)18-8-11-20(12-9-18)27-34(30,31)22-7-4-14-33-22/h2-16,27H,1H3,(H,25,28)(H,26,29). The first-order valence-corrected chi connectivity index (χ1v) is 12.6. The molecule has 0 spiro atoms. The predicted octanol–water partition coefficient (Wildman–Crippen LogP) is 3.93. The highest BCUT2D eigenvalue weighted by Gasteiger charge is 2.17. The molecule has 3 N–H and O–H groups in total. The van der Waals surface area contributed by atoms with Gasteiger partial charge in [0.2, 0.25) is 0 Å². The van der Waals surface area contributed by atoms with Crippen LogP contribution in [0.15, 0.2) is 88.5 Å². The SMILES string of the molecule is CC(Oc1ccc2ccccc2c1)C(=O)NNC(=O)c1ccc(NS(=O)(=O)c2cccs2)cc1. The van der Waals surface area contributed by atoms with Crippen LogP contribution in [0.4, 0.5) is 5.69 Å². The molecule has 0 saturated carbocycles. The molecule has 0 aliphatic rings. The molecule has 0 aliphatic heterocycles. The molecule has 1 heterocycles. The minimum absolute atomic E-state index is 0.192. The van der Waals surface area contributed by atoms with Crippen molar-refractivity contribution >= 4 is 49.6 Å². The summed E-state index contributed by atoms with van der Waals surface area (Å²) in [6.45, 7) is 1.57. The number of thiophene rings is 1. The Morgan fingerprint density at radius 3 is 2.32 bits per heavy atom. The Balaban J connectivity index is 1.30. The Morgan fingerprint density at radius 2 is 1.62 bits per heavy atom. The van der Waals surface area contributed by atoms with Crippen molar-refractivity contribution in [2.45, 2.75) is 17.2 Å². The molecule has 0 saturated heterocycles. The van der Waals surface area contributed by atoms with Crippen LogP contribution in [0, 0.1) is 0 Å². The normalized spacial score (nSPS) is 12.0. The summed E-state index contributed by atoms with van der Waals surface area (Å²) in [5, 5.41) is 3.72. The average Bonchev–Trinajstić information content (AvgIpc) is 3.39. The molecule has 0 radical (unpaired) electrons. The van der Waals surface area contributed by atoms with Gasteiger partial charge in [0.05, 0.1) is 0 Å². The number of carbonyl (C=O) groups is 2. The number of carbonyl (C=O) groups excluding carboxylic acids is 2. The fourth-order valence-electron chi connectivity index (χ4n) is 3.10. The van der Waals surface area contributed by atoms with Gasteiger partial charge >= 0.3 is 0 Å². The predicted molar refractivity (Wildman–Crippen MR) is 131 cm³/mol. The summed E-state index contributed by atoms with van der Waals surface area (Å²) in [5.41, 5.74) is 5.22. The van der Waals surface area contributed by atoms with Crippen molar-refractivity contribution in [1.29, 1.82) is 0 Å². The van der Waals surface area contributed by atoms with Crippen molar-refractivity contribution in [3.63, 3.8) is 0 Å². The number of hydrogen-bond donors (Lipinski definition) is 3. The smallest absolute Gasteiger partial charge is 0.279 e. The van der Waals surface area contributed by atoms with Gasteiger partial charge in [0.25, 0.3) is 21.8 Å². The van der Waals surface area contributed by atoms with E-state index in [0.717, 1.165) is 22.1 Å². The number of nitrogens with one attached hydrogen (secondary N) is 3. The molecular weight excluding hydrogens is 474 g/mol. The van der Waals surface area contributed by atoms with E-state index in [-0.39, 0.29) is 9.77 Å². The Hall–Kier alpha value is -3.89. The van der Waals surface area contributed by atoms with Crippen LogP contribution in [0.1, 0.15) is 17.3 Å². The second kappa shape index (κ2) is 9.94. The molecule has 2 amide bonds. The van der Waals surface area contributed by atoms with E-state index in [1.165, 1.54) is 30.3 Å². The molecule has 8 nitrogen and oxygen atoms in total. The van der Waals surface area contributed by atoms with E-state index < -0.39 is 27.9 Å². The monoisotopic (exact) mass is 495 g/mol. The van der Waals surface area contributed by atoms with Gasteiger partial charge in [-0.2, -0.15) is 0 Å². The second-order valence-corrected chi connectivity index (χ2v) is 10.2. The second-order valence-electron chi connectivity index (χ2n) is 7.33. The van der Waals surface area contributed by atoms with Gasteiger partial charge in [0.1, 0.15) is 9.96 Å². The van der Waals surface area contributed by atoms with Gasteiger partial charge in [0.15, 0.2) is 6.10 Å². The summed E-state index contributed by atoms with van der Waals surface area (Å²) in [6.07, 6.45) is -0.851. The van der Waals surface area contributed by atoms with Crippen molar-refractivity contribution in [3.05, 3.63) is 89.8 Å². The third kappa shape index (κ3) is 5.53. The highest BCUT2D eigenvalue weighted by Crippen LogP contribution is 2.22. The number of ether oxygens (including phenoxy) is 1.